The van der Waals surface area contributed by atoms with Crippen molar-refractivity contribution in [1.82, 2.24) is 15.3 Å². The van der Waals surface area contributed by atoms with Crippen molar-refractivity contribution >= 4 is 11.8 Å². The van der Waals surface area contributed by atoms with Crippen molar-refractivity contribution in [1.29, 1.82) is 0 Å². The van der Waals surface area contributed by atoms with Gasteiger partial charge in [-0.1, -0.05) is 32.5 Å². The van der Waals surface area contributed by atoms with E-state index in [1.807, 2.05) is 6.07 Å². The van der Waals surface area contributed by atoms with E-state index in [0.717, 1.165) is 24.2 Å². The maximum atomic E-state index is 4.20. The molecular weight excluding hydrogens is 218 g/mol. The summed E-state index contributed by atoms with van der Waals surface area (Å²) in [5, 5.41) is 4.83. The van der Waals surface area contributed by atoms with Crippen LogP contribution in [0.3, 0.4) is 0 Å². The third-order valence-corrected chi connectivity index (χ3v) is 3.17. The van der Waals surface area contributed by atoms with Crippen LogP contribution >= 0.6 is 11.8 Å². The van der Waals surface area contributed by atoms with Gasteiger partial charge in [0.05, 0.1) is 0 Å². The lowest BCUT2D eigenvalue weighted by Crippen LogP contribution is -2.24. The molecule has 3 nitrogen and oxygen atoms in total. The molecular formula is C12H21N3S. The smallest absolute Gasteiger partial charge is 0.187 e. The molecule has 0 spiro atoms. The number of thioether (sulfide) groups is 1. The molecule has 0 amide bonds. The van der Waals surface area contributed by atoms with Gasteiger partial charge in [0.2, 0.25) is 0 Å². The first-order valence-corrected chi connectivity index (χ1v) is 6.71. The molecule has 1 aromatic rings. The number of aromatic nitrogens is 2. The van der Waals surface area contributed by atoms with E-state index in [0.29, 0.717) is 5.25 Å². The molecule has 0 aliphatic carbocycles. The molecule has 16 heavy (non-hydrogen) atoms. The zero-order valence-electron chi connectivity index (χ0n) is 10.3. The number of rotatable bonds is 7. The highest BCUT2D eigenvalue weighted by atomic mass is 32.2. The van der Waals surface area contributed by atoms with Crippen molar-refractivity contribution < 1.29 is 0 Å². The molecule has 4 heteroatoms. The first kappa shape index (κ1) is 13.5. The predicted octanol–water partition coefficient (Wildman–Crippen LogP) is 2.59. The van der Waals surface area contributed by atoms with E-state index in [1.165, 1.54) is 6.42 Å². The first-order chi connectivity index (χ1) is 7.68. The summed E-state index contributed by atoms with van der Waals surface area (Å²) in [6, 6.07) is 1.84. The summed E-state index contributed by atoms with van der Waals surface area (Å²) in [6.45, 7) is 8.80. The summed E-state index contributed by atoms with van der Waals surface area (Å²) in [7, 11) is 0. The van der Waals surface area contributed by atoms with Crippen molar-refractivity contribution in [2.75, 3.05) is 13.1 Å². The van der Waals surface area contributed by atoms with Crippen LogP contribution in [0.15, 0.2) is 23.6 Å². The lowest BCUT2D eigenvalue weighted by Gasteiger charge is -2.11. The maximum absolute atomic E-state index is 4.20. The van der Waals surface area contributed by atoms with Crippen molar-refractivity contribution in [2.45, 2.75) is 37.6 Å². The van der Waals surface area contributed by atoms with Crippen LogP contribution in [0.5, 0.6) is 0 Å². The summed E-state index contributed by atoms with van der Waals surface area (Å²) < 4.78 is 0. The Kier molecular flexibility index (Phi) is 6.42. The van der Waals surface area contributed by atoms with Crippen LogP contribution in [0.25, 0.3) is 0 Å². The van der Waals surface area contributed by atoms with Crippen LogP contribution in [-0.2, 0) is 0 Å². The maximum Gasteiger partial charge on any atom is 0.187 e. The second-order valence-electron chi connectivity index (χ2n) is 4.35. The molecule has 0 aromatic carbocycles. The molecule has 0 radical (unpaired) electrons. The summed E-state index contributed by atoms with van der Waals surface area (Å²) >= 11 is 1.72. The molecule has 0 saturated carbocycles. The Balaban J connectivity index is 2.14. The lowest BCUT2D eigenvalue weighted by atomic mass is 10.1. The van der Waals surface area contributed by atoms with Gasteiger partial charge in [-0.2, -0.15) is 0 Å². The minimum Gasteiger partial charge on any atom is -0.316 e. The summed E-state index contributed by atoms with van der Waals surface area (Å²) in [5.41, 5.74) is 0. The van der Waals surface area contributed by atoms with E-state index >= 15 is 0 Å². The Bertz CT molecular complexity index is 277. The Morgan fingerprint density at radius 2 is 1.94 bits per heavy atom. The van der Waals surface area contributed by atoms with Crippen LogP contribution in [0.4, 0.5) is 0 Å². The standard InChI is InChI=1S/C12H21N3S/c1-10(2)5-8-13-9-11(3)16-12-14-6-4-7-15-12/h4,6-7,10-11,13H,5,8-9H2,1-3H3. The molecule has 1 unspecified atom stereocenters. The van der Waals surface area contributed by atoms with E-state index in [-0.39, 0.29) is 0 Å². The van der Waals surface area contributed by atoms with Crippen molar-refractivity contribution in [2.24, 2.45) is 5.92 Å². The van der Waals surface area contributed by atoms with E-state index in [1.54, 1.807) is 24.2 Å². The average Bonchev–Trinajstić information content (AvgIpc) is 2.25. The Morgan fingerprint density at radius 1 is 1.25 bits per heavy atom. The molecule has 1 atom stereocenters. The molecule has 1 rings (SSSR count). The number of nitrogens with one attached hydrogen (secondary N) is 1. The molecule has 1 aromatic heterocycles. The van der Waals surface area contributed by atoms with Gasteiger partial charge in [-0.15, -0.1) is 0 Å². The topological polar surface area (TPSA) is 37.8 Å². The predicted molar refractivity (Wildman–Crippen MR) is 69.7 cm³/mol. The van der Waals surface area contributed by atoms with E-state index in [2.05, 4.69) is 36.1 Å². The second kappa shape index (κ2) is 7.63. The Morgan fingerprint density at radius 3 is 2.56 bits per heavy atom. The van der Waals surface area contributed by atoms with Crippen LogP contribution < -0.4 is 5.32 Å². The Hall–Kier alpha value is -0.610. The highest BCUT2D eigenvalue weighted by molar-refractivity contribution is 7.99. The van der Waals surface area contributed by atoms with Gasteiger partial charge < -0.3 is 5.32 Å². The van der Waals surface area contributed by atoms with Crippen molar-refractivity contribution in [3.63, 3.8) is 0 Å². The van der Waals surface area contributed by atoms with Gasteiger partial charge in [0.1, 0.15) is 0 Å². The number of hydrogen-bond donors (Lipinski definition) is 1. The quantitative estimate of drug-likeness (QED) is 0.451. The van der Waals surface area contributed by atoms with Gasteiger partial charge in [-0.05, 0) is 24.9 Å². The Labute approximate surface area is 102 Å². The zero-order chi connectivity index (χ0) is 11.8. The highest BCUT2D eigenvalue weighted by Gasteiger charge is 2.05. The minimum atomic E-state index is 0.509. The van der Waals surface area contributed by atoms with Gasteiger partial charge in [0, 0.05) is 24.2 Å². The summed E-state index contributed by atoms with van der Waals surface area (Å²) in [6.07, 6.45) is 4.81. The molecule has 0 bridgehead atoms. The molecule has 1 N–H and O–H groups in total. The molecule has 0 aliphatic rings. The third-order valence-electron chi connectivity index (χ3n) is 2.18. The summed E-state index contributed by atoms with van der Waals surface area (Å²) in [4.78, 5) is 8.40. The highest BCUT2D eigenvalue weighted by Crippen LogP contribution is 2.17. The molecule has 0 aliphatic heterocycles. The fraction of sp³-hybridized carbons (Fsp3) is 0.667. The fourth-order valence-corrected chi connectivity index (χ4v) is 2.07. The van der Waals surface area contributed by atoms with Gasteiger partial charge in [0.25, 0.3) is 0 Å². The molecule has 90 valence electrons. The van der Waals surface area contributed by atoms with E-state index in [9.17, 15) is 0 Å². The third kappa shape index (κ3) is 6.08. The number of hydrogen-bond acceptors (Lipinski definition) is 4. The minimum absolute atomic E-state index is 0.509. The SMILES string of the molecule is CC(C)CCNCC(C)Sc1ncccn1. The van der Waals surface area contributed by atoms with Gasteiger partial charge in [-0.3, -0.25) is 0 Å². The second-order valence-corrected chi connectivity index (χ2v) is 5.75. The summed E-state index contributed by atoms with van der Waals surface area (Å²) in [5.74, 6) is 0.771. The van der Waals surface area contributed by atoms with Gasteiger partial charge in [-0.25, -0.2) is 9.97 Å². The average molecular weight is 239 g/mol. The molecule has 1 heterocycles. The monoisotopic (exact) mass is 239 g/mol. The molecule has 0 fully saturated rings. The fourth-order valence-electron chi connectivity index (χ4n) is 1.26. The zero-order valence-corrected chi connectivity index (χ0v) is 11.1. The van der Waals surface area contributed by atoms with E-state index in [4.69, 9.17) is 0 Å². The van der Waals surface area contributed by atoms with Crippen LogP contribution in [0, 0.1) is 5.92 Å². The largest absolute Gasteiger partial charge is 0.316 e. The van der Waals surface area contributed by atoms with E-state index < -0.39 is 0 Å². The van der Waals surface area contributed by atoms with Crippen molar-refractivity contribution in [3.05, 3.63) is 18.5 Å². The number of nitrogens with zero attached hydrogens (tertiary/aromatic N) is 2. The van der Waals surface area contributed by atoms with Crippen LogP contribution in [0.1, 0.15) is 27.2 Å². The lowest BCUT2D eigenvalue weighted by molar-refractivity contribution is 0.538. The van der Waals surface area contributed by atoms with Gasteiger partial charge >= 0.3 is 0 Å². The van der Waals surface area contributed by atoms with Gasteiger partial charge in [0.15, 0.2) is 5.16 Å². The normalized spacial score (nSPS) is 13.0. The van der Waals surface area contributed by atoms with Crippen LogP contribution in [-0.4, -0.2) is 28.3 Å². The molecule has 0 saturated heterocycles. The van der Waals surface area contributed by atoms with Crippen LogP contribution in [0.2, 0.25) is 0 Å². The first-order valence-electron chi connectivity index (χ1n) is 5.83. The van der Waals surface area contributed by atoms with Crippen molar-refractivity contribution in [3.8, 4) is 0 Å².